The number of hydrogen-bond acceptors (Lipinski definition) is 7. The Kier molecular flexibility index (Phi) is 23.7. The van der Waals surface area contributed by atoms with Crippen LogP contribution in [0.2, 0.25) is 0 Å². The molecule has 0 aromatic rings. The van der Waals surface area contributed by atoms with Gasteiger partial charge in [-0.1, -0.05) is 13.8 Å². The van der Waals surface area contributed by atoms with Crippen LogP contribution >= 0.6 is 0 Å². The third-order valence-electron chi connectivity index (χ3n) is 2.94. The lowest BCUT2D eigenvalue weighted by Crippen LogP contribution is -2.23. The van der Waals surface area contributed by atoms with Gasteiger partial charge in [-0.25, -0.2) is 4.79 Å². The summed E-state index contributed by atoms with van der Waals surface area (Å²) in [6.07, 6.45) is 6.24. The molecular weight excluding hydrogens is 324 g/mol. The highest BCUT2D eigenvalue weighted by molar-refractivity contribution is 6.34. The molecule has 0 amide bonds. The van der Waals surface area contributed by atoms with E-state index in [1.165, 1.54) is 6.92 Å². The summed E-state index contributed by atoms with van der Waals surface area (Å²) in [5.41, 5.74) is 5.39. The Morgan fingerprint density at radius 2 is 1.48 bits per heavy atom. The molecule has 5 N–H and O–H groups in total. The summed E-state index contributed by atoms with van der Waals surface area (Å²) in [5, 5.41) is 12.2. The third-order valence-corrected chi connectivity index (χ3v) is 2.94. The molecule has 0 bridgehead atoms. The van der Waals surface area contributed by atoms with Crippen molar-refractivity contribution in [2.24, 2.45) is 10.9 Å². The molecule has 0 atom stereocenters. The fourth-order valence-electron chi connectivity index (χ4n) is 1.55. The quantitative estimate of drug-likeness (QED) is 0.143. The number of hydrogen-bond donors (Lipinski definition) is 4. The van der Waals surface area contributed by atoms with Crippen molar-refractivity contribution in [2.45, 2.75) is 59.3 Å². The van der Waals surface area contributed by atoms with Crippen molar-refractivity contribution < 1.29 is 19.4 Å². The minimum Gasteiger partial charge on any atom is -0.477 e. The van der Waals surface area contributed by atoms with Gasteiger partial charge in [0.2, 0.25) is 0 Å². The number of carboxylic acid groups (broad SMARTS) is 1. The minimum atomic E-state index is -0.992. The number of carbonyl (C=O) groups is 1. The summed E-state index contributed by atoms with van der Waals surface area (Å²) < 4.78 is 10.6. The van der Waals surface area contributed by atoms with Crippen LogP contribution in [0.3, 0.4) is 0 Å². The lowest BCUT2D eigenvalue weighted by atomic mass is 10.3. The maximum atomic E-state index is 10.3. The summed E-state index contributed by atoms with van der Waals surface area (Å²) in [6.45, 7) is 10.5. The van der Waals surface area contributed by atoms with Crippen LogP contribution < -0.4 is 16.7 Å². The van der Waals surface area contributed by atoms with Crippen LogP contribution in [0.4, 0.5) is 0 Å². The van der Waals surface area contributed by atoms with E-state index in [1.807, 2.05) is 0 Å². The molecule has 8 heteroatoms. The molecule has 0 spiro atoms. The lowest BCUT2D eigenvalue weighted by molar-refractivity contribution is -0.129. The fourth-order valence-corrected chi connectivity index (χ4v) is 1.55. The number of nitrogens with two attached hydrogens (primary N) is 1. The first-order valence-electron chi connectivity index (χ1n) is 9.19. The van der Waals surface area contributed by atoms with Crippen molar-refractivity contribution in [3.63, 3.8) is 0 Å². The summed E-state index contributed by atoms with van der Waals surface area (Å²) in [6, 6.07) is 0. The molecule has 150 valence electrons. The molecule has 0 saturated carbocycles. The van der Waals surface area contributed by atoms with Crippen LogP contribution in [0.5, 0.6) is 0 Å². The number of hydrazone groups is 1. The van der Waals surface area contributed by atoms with Gasteiger partial charge in [0.25, 0.3) is 0 Å². The summed E-state index contributed by atoms with van der Waals surface area (Å²) in [4.78, 5) is 10.3. The second-order valence-electron chi connectivity index (χ2n) is 5.50. The molecule has 0 aromatic heterocycles. The molecule has 0 radical (unpaired) electrons. The molecule has 0 fully saturated rings. The Hall–Kier alpha value is -1.22. The van der Waals surface area contributed by atoms with Gasteiger partial charge in [0, 0.05) is 39.5 Å². The molecular formula is C17H38N4O4. The first-order chi connectivity index (χ1) is 12.1. The van der Waals surface area contributed by atoms with Crippen molar-refractivity contribution >= 4 is 11.7 Å². The molecule has 0 aromatic carbocycles. The average molecular weight is 363 g/mol. The van der Waals surface area contributed by atoms with E-state index in [4.69, 9.17) is 20.4 Å². The minimum absolute atomic E-state index is 0.0808. The molecule has 25 heavy (non-hydrogen) atoms. The third kappa shape index (κ3) is 25.1. The van der Waals surface area contributed by atoms with E-state index in [2.05, 4.69) is 29.8 Å². The van der Waals surface area contributed by atoms with Gasteiger partial charge >= 0.3 is 5.97 Å². The maximum absolute atomic E-state index is 10.3. The van der Waals surface area contributed by atoms with Gasteiger partial charge in [0.15, 0.2) is 0 Å². The highest BCUT2D eigenvalue weighted by Gasteiger charge is 1.99. The van der Waals surface area contributed by atoms with E-state index in [1.54, 1.807) is 0 Å². The van der Waals surface area contributed by atoms with Gasteiger partial charge in [-0.2, -0.15) is 5.10 Å². The van der Waals surface area contributed by atoms with Crippen LogP contribution in [0, 0.1) is 0 Å². The van der Waals surface area contributed by atoms with E-state index < -0.39 is 5.97 Å². The number of nitrogens with zero attached hydrogens (tertiary/aromatic N) is 1. The van der Waals surface area contributed by atoms with Crippen molar-refractivity contribution in [3.8, 4) is 0 Å². The van der Waals surface area contributed by atoms with Gasteiger partial charge in [-0.15, -0.1) is 0 Å². The van der Waals surface area contributed by atoms with E-state index in [0.29, 0.717) is 6.54 Å². The largest absolute Gasteiger partial charge is 0.477 e. The Morgan fingerprint density at radius 3 is 1.92 bits per heavy atom. The van der Waals surface area contributed by atoms with Crippen LogP contribution in [0.15, 0.2) is 5.10 Å². The topological polar surface area (TPSA) is 118 Å². The maximum Gasteiger partial charge on any atom is 0.351 e. The van der Waals surface area contributed by atoms with Crippen molar-refractivity contribution in [1.29, 1.82) is 0 Å². The van der Waals surface area contributed by atoms with Crippen LogP contribution in [0.1, 0.15) is 59.3 Å². The Bertz CT molecular complexity index is 307. The SMILES string of the molecule is CCCOCCCCN/N=C(/C)C(=O)O.CCCOCCCCNN. The smallest absolute Gasteiger partial charge is 0.351 e. The van der Waals surface area contributed by atoms with Crippen molar-refractivity contribution in [3.05, 3.63) is 0 Å². The molecule has 0 aliphatic heterocycles. The zero-order valence-corrected chi connectivity index (χ0v) is 16.2. The number of carboxylic acids is 1. The van der Waals surface area contributed by atoms with Gasteiger partial charge in [0.1, 0.15) is 5.71 Å². The number of rotatable bonds is 16. The Morgan fingerprint density at radius 1 is 0.960 bits per heavy atom. The molecule has 0 unspecified atom stereocenters. The second-order valence-corrected chi connectivity index (χ2v) is 5.50. The number of ether oxygens (including phenoxy) is 2. The highest BCUT2D eigenvalue weighted by Crippen LogP contribution is 1.90. The zero-order valence-electron chi connectivity index (χ0n) is 16.2. The first-order valence-corrected chi connectivity index (χ1v) is 9.19. The average Bonchev–Trinajstić information content (AvgIpc) is 2.60. The summed E-state index contributed by atoms with van der Waals surface area (Å²) >= 11 is 0. The number of aliphatic carboxylic acids is 1. The number of hydrazine groups is 1. The summed E-state index contributed by atoms with van der Waals surface area (Å²) in [5.74, 6) is 4.09. The van der Waals surface area contributed by atoms with E-state index in [-0.39, 0.29) is 5.71 Å². The standard InChI is InChI=1S/C10H20N2O3.C7H18N2O/c1-3-7-15-8-5-4-6-11-12-9(2)10(13)14;1-2-6-10-7-4-3-5-9-8/h11H,3-8H2,1-2H3,(H,13,14);9H,2-8H2,1H3/b12-9-;. The van der Waals surface area contributed by atoms with Crippen LogP contribution in [-0.2, 0) is 14.3 Å². The van der Waals surface area contributed by atoms with Gasteiger partial charge in [-0.3, -0.25) is 11.3 Å². The molecule has 0 aliphatic rings. The molecule has 0 heterocycles. The van der Waals surface area contributed by atoms with Gasteiger partial charge < -0.3 is 20.0 Å². The second kappa shape index (κ2) is 22.8. The fraction of sp³-hybridized carbons (Fsp3) is 0.882. The zero-order chi connectivity index (χ0) is 19.2. The highest BCUT2D eigenvalue weighted by atomic mass is 16.5. The molecule has 8 nitrogen and oxygen atoms in total. The van der Waals surface area contributed by atoms with Crippen molar-refractivity contribution in [2.75, 3.05) is 39.5 Å². The van der Waals surface area contributed by atoms with Crippen molar-refractivity contribution in [1.82, 2.24) is 10.9 Å². The molecule has 0 aliphatic carbocycles. The summed E-state index contributed by atoms with van der Waals surface area (Å²) in [7, 11) is 0. The lowest BCUT2D eigenvalue weighted by Gasteiger charge is -2.02. The number of unbranched alkanes of at least 4 members (excludes halogenated alkanes) is 2. The predicted molar refractivity (Wildman–Crippen MR) is 102 cm³/mol. The van der Waals surface area contributed by atoms with Crippen LogP contribution in [-0.4, -0.2) is 56.3 Å². The molecule has 0 rings (SSSR count). The van der Waals surface area contributed by atoms with Gasteiger partial charge in [-0.05, 0) is 45.4 Å². The normalized spacial score (nSPS) is 11.0. The Balaban J connectivity index is 0. The Labute approximate surface area is 152 Å². The van der Waals surface area contributed by atoms with Gasteiger partial charge in [0.05, 0.1) is 0 Å². The predicted octanol–water partition coefficient (Wildman–Crippen LogP) is 1.90. The van der Waals surface area contributed by atoms with E-state index in [0.717, 1.165) is 71.5 Å². The van der Waals surface area contributed by atoms with E-state index in [9.17, 15) is 4.79 Å². The molecule has 0 saturated heterocycles. The van der Waals surface area contributed by atoms with Crippen LogP contribution in [0.25, 0.3) is 0 Å². The number of nitrogens with one attached hydrogen (secondary N) is 2. The monoisotopic (exact) mass is 362 g/mol. The first kappa shape index (κ1) is 26.0. The van der Waals surface area contributed by atoms with E-state index >= 15 is 0 Å².